The van der Waals surface area contributed by atoms with Gasteiger partial charge in [0.15, 0.2) is 0 Å². The fourth-order valence-electron chi connectivity index (χ4n) is 4.90. The van der Waals surface area contributed by atoms with Crippen LogP contribution in [0, 0.1) is 16.7 Å². The van der Waals surface area contributed by atoms with Crippen LogP contribution in [0.5, 0.6) is 0 Å². The number of hydrogen-bond acceptors (Lipinski definition) is 2. The van der Waals surface area contributed by atoms with Gasteiger partial charge < -0.3 is 10.2 Å². The Hall–Kier alpha value is -0.0800. The van der Waals surface area contributed by atoms with E-state index in [9.17, 15) is 0 Å². The molecule has 0 aromatic carbocycles. The van der Waals surface area contributed by atoms with Crippen molar-refractivity contribution in [1.82, 2.24) is 10.2 Å². The normalized spacial score (nSPS) is 36.3. The van der Waals surface area contributed by atoms with Gasteiger partial charge in [-0.05, 0) is 68.6 Å². The molecule has 0 aliphatic heterocycles. The van der Waals surface area contributed by atoms with Crippen molar-refractivity contribution in [3.8, 4) is 0 Å². The maximum atomic E-state index is 3.92. The molecule has 0 aromatic heterocycles. The van der Waals surface area contributed by atoms with E-state index in [-0.39, 0.29) is 0 Å². The van der Waals surface area contributed by atoms with Gasteiger partial charge in [0.05, 0.1) is 0 Å². The second-order valence-corrected chi connectivity index (χ2v) is 7.68. The van der Waals surface area contributed by atoms with Gasteiger partial charge in [-0.25, -0.2) is 0 Å². The lowest BCUT2D eigenvalue weighted by molar-refractivity contribution is 0.108. The zero-order valence-corrected chi connectivity index (χ0v) is 13.8. The van der Waals surface area contributed by atoms with Crippen LogP contribution < -0.4 is 5.32 Å². The van der Waals surface area contributed by atoms with Gasteiger partial charge in [0.1, 0.15) is 0 Å². The highest BCUT2D eigenvalue weighted by Gasteiger charge is 2.58. The van der Waals surface area contributed by atoms with Gasteiger partial charge in [-0.1, -0.05) is 34.6 Å². The molecular formula is C17H34N2. The minimum absolute atomic E-state index is 0.502. The molecule has 0 amide bonds. The van der Waals surface area contributed by atoms with E-state index in [0.717, 1.165) is 12.0 Å². The maximum absolute atomic E-state index is 3.92. The van der Waals surface area contributed by atoms with Crippen LogP contribution in [0.2, 0.25) is 0 Å². The summed E-state index contributed by atoms with van der Waals surface area (Å²) < 4.78 is 0. The topological polar surface area (TPSA) is 15.3 Å². The molecular weight excluding hydrogens is 232 g/mol. The minimum Gasteiger partial charge on any atom is -0.313 e. The predicted octanol–water partition coefficient (Wildman–Crippen LogP) is 3.52. The highest BCUT2D eigenvalue weighted by atomic mass is 15.1. The first-order valence-electron chi connectivity index (χ1n) is 8.39. The van der Waals surface area contributed by atoms with E-state index in [0.29, 0.717) is 10.8 Å². The van der Waals surface area contributed by atoms with Gasteiger partial charge in [0.2, 0.25) is 0 Å². The van der Waals surface area contributed by atoms with Crippen molar-refractivity contribution in [3.63, 3.8) is 0 Å². The Bertz CT molecular complexity index is 291. The fraction of sp³-hybridized carbons (Fsp3) is 1.00. The Labute approximate surface area is 120 Å². The number of nitrogens with one attached hydrogen (secondary N) is 1. The second-order valence-electron chi connectivity index (χ2n) is 7.68. The molecule has 0 radical (unpaired) electrons. The van der Waals surface area contributed by atoms with Gasteiger partial charge in [-0.3, -0.25) is 0 Å². The third-order valence-electron chi connectivity index (χ3n) is 6.16. The lowest BCUT2D eigenvalue weighted by atomic mass is 9.68. The van der Waals surface area contributed by atoms with Crippen molar-refractivity contribution >= 4 is 0 Å². The second kappa shape index (κ2) is 5.73. The first kappa shape index (κ1) is 15.3. The van der Waals surface area contributed by atoms with Crippen LogP contribution in [0.1, 0.15) is 60.3 Å². The molecule has 2 fully saturated rings. The lowest BCUT2D eigenvalue weighted by Crippen LogP contribution is -2.50. The molecule has 112 valence electrons. The van der Waals surface area contributed by atoms with Crippen LogP contribution in [0.25, 0.3) is 0 Å². The Morgan fingerprint density at radius 2 is 1.84 bits per heavy atom. The molecule has 2 saturated carbocycles. The van der Waals surface area contributed by atoms with Gasteiger partial charge in [-0.15, -0.1) is 0 Å². The van der Waals surface area contributed by atoms with Crippen molar-refractivity contribution in [1.29, 1.82) is 0 Å². The van der Waals surface area contributed by atoms with E-state index in [4.69, 9.17) is 0 Å². The van der Waals surface area contributed by atoms with E-state index in [1.807, 2.05) is 0 Å². The van der Waals surface area contributed by atoms with E-state index in [2.05, 4.69) is 44.8 Å². The average molecular weight is 266 g/mol. The molecule has 2 rings (SSSR count). The highest BCUT2D eigenvalue weighted by molar-refractivity contribution is 5.11. The van der Waals surface area contributed by atoms with Crippen LogP contribution in [-0.4, -0.2) is 37.1 Å². The van der Waals surface area contributed by atoms with Crippen molar-refractivity contribution in [2.24, 2.45) is 16.7 Å². The van der Waals surface area contributed by atoms with Crippen LogP contribution in [0.4, 0.5) is 0 Å². The third-order valence-corrected chi connectivity index (χ3v) is 6.16. The summed E-state index contributed by atoms with van der Waals surface area (Å²) in [5.74, 6) is 0.956. The molecule has 1 N–H and O–H groups in total. The van der Waals surface area contributed by atoms with Crippen molar-refractivity contribution in [2.45, 2.75) is 66.3 Å². The Kier molecular flexibility index (Phi) is 4.62. The molecule has 2 nitrogen and oxygen atoms in total. The zero-order valence-electron chi connectivity index (χ0n) is 13.8. The van der Waals surface area contributed by atoms with E-state index < -0.39 is 0 Å². The molecule has 3 atom stereocenters. The van der Waals surface area contributed by atoms with Crippen LogP contribution in [0.15, 0.2) is 0 Å². The van der Waals surface area contributed by atoms with Gasteiger partial charge in [0, 0.05) is 6.04 Å². The molecule has 0 heterocycles. The van der Waals surface area contributed by atoms with E-state index >= 15 is 0 Å². The zero-order chi connectivity index (χ0) is 14.1. The molecule has 2 heteroatoms. The standard InChI is InChI=1S/C17H34N2/c1-6-19(7-2)12-8-11-18-15-16(3,4)14-9-10-17(15,5)13-14/h14-15,18H,6-13H2,1-5H3/t14-,15?,17+/m0/s1. The van der Waals surface area contributed by atoms with Crippen molar-refractivity contribution < 1.29 is 0 Å². The van der Waals surface area contributed by atoms with Crippen molar-refractivity contribution in [2.75, 3.05) is 26.2 Å². The summed E-state index contributed by atoms with van der Waals surface area (Å²) in [6.45, 7) is 16.8. The Morgan fingerprint density at radius 3 is 2.37 bits per heavy atom. The molecule has 2 bridgehead atoms. The van der Waals surface area contributed by atoms with Gasteiger partial charge >= 0.3 is 0 Å². The Morgan fingerprint density at radius 1 is 1.16 bits per heavy atom. The number of nitrogens with zero attached hydrogens (tertiary/aromatic N) is 1. The van der Waals surface area contributed by atoms with Gasteiger partial charge in [-0.2, -0.15) is 0 Å². The van der Waals surface area contributed by atoms with E-state index in [1.165, 1.54) is 51.9 Å². The van der Waals surface area contributed by atoms with Crippen molar-refractivity contribution in [3.05, 3.63) is 0 Å². The maximum Gasteiger partial charge on any atom is 0.0175 e. The van der Waals surface area contributed by atoms with Gasteiger partial charge in [0.25, 0.3) is 0 Å². The molecule has 2 aliphatic carbocycles. The van der Waals surface area contributed by atoms with E-state index in [1.54, 1.807) is 0 Å². The molecule has 1 unspecified atom stereocenters. The quantitative estimate of drug-likeness (QED) is 0.709. The number of hydrogen-bond donors (Lipinski definition) is 1. The summed E-state index contributed by atoms with van der Waals surface area (Å²) >= 11 is 0. The molecule has 2 aliphatic rings. The molecule has 0 aromatic rings. The molecule has 0 saturated heterocycles. The summed E-state index contributed by atoms with van der Waals surface area (Å²) in [7, 11) is 0. The summed E-state index contributed by atoms with van der Waals surface area (Å²) in [5.41, 5.74) is 1.07. The fourth-order valence-corrected chi connectivity index (χ4v) is 4.90. The van der Waals surface area contributed by atoms with Crippen LogP contribution >= 0.6 is 0 Å². The molecule has 0 spiro atoms. The smallest absolute Gasteiger partial charge is 0.0175 e. The average Bonchev–Trinajstić information content (AvgIpc) is 2.84. The monoisotopic (exact) mass is 266 g/mol. The summed E-state index contributed by atoms with van der Waals surface area (Å²) in [6.07, 6.45) is 5.64. The largest absolute Gasteiger partial charge is 0.313 e. The predicted molar refractivity (Wildman–Crippen MR) is 83.4 cm³/mol. The SMILES string of the molecule is CCN(CC)CCCNC1C(C)(C)[C@H]2CC[C@]1(C)C2. The number of fused-ring (bicyclic) bond motifs is 2. The minimum atomic E-state index is 0.502. The summed E-state index contributed by atoms with van der Waals surface area (Å²) in [4.78, 5) is 2.52. The van der Waals surface area contributed by atoms with Crippen LogP contribution in [0.3, 0.4) is 0 Å². The number of rotatable bonds is 7. The molecule has 19 heavy (non-hydrogen) atoms. The lowest BCUT2D eigenvalue weighted by Gasteiger charge is -2.43. The summed E-state index contributed by atoms with van der Waals surface area (Å²) in [5, 5.41) is 3.92. The summed E-state index contributed by atoms with van der Waals surface area (Å²) in [6, 6.07) is 0.732. The first-order chi connectivity index (χ1) is 8.94. The third kappa shape index (κ3) is 2.85. The first-order valence-corrected chi connectivity index (χ1v) is 8.39. The highest BCUT2D eigenvalue weighted by Crippen LogP contribution is 2.62. The Balaban J connectivity index is 1.80. The van der Waals surface area contributed by atoms with Crippen LogP contribution in [-0.2, 0) is 0 Å².